The van der Waals surface area contributed by atoms with Crippen LogP contribution in [0.3, 0.4) is 0 Å². The number of nitrogens with one attached hydrogen (secondary N) is 1. The van der Waals surface area contributed by atoms with E-state index in [1.807, 2.05) is 18.5 Å². The van der Waals surface area contributed by atoms with E-state index in [1.165, 1.54) is 16.3 Å². The average Bonchev–Trinajstić information content (AvgIpc) is 2.45. The molecule has 1 aromatic carbocycles. The van der Waals surface area contributed by atoms with Gasteiger partial charge in [-0.05, 0) is 29.2 Å². The van der Waals surface area contributed by atoms with Crippen molar-refractivity contribution in [3.8, 4) is 0 Å². The second-order valence-corrected chi connectivity index (χ2v) is 6.11. The Labute approximate surface area is 121 Å². The molecule has 0 saturated carbocycles. The van der Waals surface area contributed by atoms with Gasteiger partial charge in [-0.15, -0.1) is 0 Å². The number of nitrogens with zero attached hydrogens (tertiary/aromatic N) is 1. The number of hydrogen-bond acceptors (Lipinski definition) is 3. The summed E-state index contributed by atoms with van der Waals surface area (Å²) in [5.74, 6) is 0. The van der Waals surface area contributed by atoms with Crippen molar-refractivity contribution >= 4 is 10.8 Å². The summed E-state index contributed by atoms with van der Waals surface area (Å²) in [4.78, 5) is 4.30. The summed E-state index contributed by atoms with van der Waals surface area (Å²) >= 11 is 0. The Balaban J connectivity index is 1.96. The molecule has 2 rings (SSSR count). The lowest BCUT2D eigenvalue weighted by atomic mass is 9.88. The highest BCUT2D eigenvalue weighted by Crippen LogP contribution is 2.21. The van der Waals surface area contributed by atoms with Crippen LogP contribution in [0.5, 0.6) is 0 Å². The first-order valence-electron chi connectivity index (χ1n) is 7.26. The third-order valence-corrected chi connectivity index (χ3v) is 3.68. The first-order valence-corrected chi connectivity index (χ1v) is 7.26. The zero-order chi connectivity index (χ0) is 14.4. The molecule has 0 unspecified atom stereocenters. The van der Waals surface area contributed by atoms with Gasteiger partial charge in [0.05, 0.1) is 0 Å². The van der Waals surface area contributed by atoms with Crippen LogP contribution in [0.15, 0.2) is 36.7 Å². The van der Waals surface area contributed by atoms with Crippen molar-refractivity contribution in [1.29, 1.82) is 0 Å². The van der Waals surface area contributed by atoms with Gasteiger partial charge in [0.15, 0.2) is 0 Å². The van der Waals surface area contributed by atoms with Crippen LogP contribution in [-0.4, -0.2) is 23.2 Å². The topological polar surface area (TPSA) is 45.1 Å². The van der Waals surface area contributed by atoms with Crippen LogP contribution < -0.4 is 5.32 Å². The molecular weight excluding hydrogens is 248 g/mol. The van der Waals surface area contributed by atoms with Crippen molar-refractivity contribution in [2.75, 3.05) is 13.2 Å². The zero-order valence-electron chi connectivity index (χ0n) is 12.4. The van der Waals surface area contributed by atoms with Gasteiger partial charge < -0.3 is 10.4 Å². The molecule has 0 amide bonds. The molecule has 1 aromatic heterocycles. The van der Waals surface area contributed by atoms with Gasteiger partial charge >= 0.3 is 0 Å². The lowest BCUT2D eigenvalue weighted by Crippen LogP contribution is -2.29. The molecule has 3 nitrogen and oxygen atoms in total. The number of aliphatic hydroxyl groups excluding tert-OH is 1. The summed E-state index contributed by atoms with van der Waals surface area (Å²) in [6, 6.07) is 8.35. The van der Waals surface area contributed by atoms with Crippen LogP contribution >= 0.6 is 0 Å². The lowest BCUT2D eigenvalue weighted by molar-refractivity contribution is 0.236. The van der Waals surface area contributed by atoms with E-state index in [4.69, 9.17) is 5.11 Å². The molecule has 0 saturated heterocycles. The molecular formula is C17H24N2O. The van der Waals surface area contributed by atoms with Crippen LogP contribution in [-0.2, 0) is 6.54 Å². The maximum atomic E-state index is 8.92. The summed E-state index contributed by atoms with van der Waals surface area (Å²) in [5.41, 5.74) is 1.45. The number of benzene rings is 1. The normalized spacial score (nSPS) is 11.9. The van der Waals surface area contributed by atoms with E-state index in [0.717, 1.165) is 25.9 Å². The number of pyridine rings is 1. The molecule has 0 aliphatic carbocycles. The Morgan fingerprint density at radius 3 is 2.80 bits per heavy atom. The third-order valence-electron chi connectivity index (χ3n) is 3.68. The fourth-order valence-electron chi connectivity index (χ4n) is 2.50. The minimum atomic E-state index is 0.209. The molecule has 1 heterocycles. The van der Waals surface area contributed by atoms with E-state index in [2.05, 4.69) is 42.3 Å². The summed E-state index contributed by atoms with van der Waals surface area (Å²) in [6.45, 7) is 6.51. The van der Waals surface area contributed by atoms with Crippen LogP contribution in [0.4, 0.5) is 0 Å². The smallest absolute Gasteiger partial charge is 0.0431 e. The lowest BCUT2D eigenvalue weighted by Gasteiger charge is -2.24. The van der Waals surface area contributed by atoms with Crippen LogP contribution in [0.2, 0.25) is 0 Å². The number of aromatic nitrogens is 1. The van der Waals surface area contributed by atoms with E-state index in [1.54, 1.807) is 0 Å². The van der Waals surface area contributed by atoms with E-state index >= 15 is 0 Å². The molecule has 108 valence electrons. The van der Waals surface area contributed by atoms with Gasteiger partial charge in [-0.3, -0.25) is 4.98 Å². The van der Waals surface area contributed by atoms with Crippen LogP contribution in [0.1, 0.15) is 32.3 Å². The monoisotopic (exact) mass is 272 g/mol. The maximum absolute atomic E-state index is 8.92. The average molecular weight is 272 g/mol. The Kier molecular flexibility index (Phi) is 5.10. The molecule has 0 aliphatic rings. The van der Waals surface area contributed by atoms with E-state index < -0.39 is 0 Å². The highest BCUT2D eigenvalue weighted by Gasteiger charge is 2.16. The molecule has 20 heavy (non-hydrogen) atoms. The quantitative estimate of drug-likeness (QED) is 0.814. The van der Waals surface area contributed by atoms with Crippen molar-refractivity contribution in [2.24, 2.45) is 5.41 Å². The van der Waals surface area contributed by atoms with Crippen molar-refractivity contribution in [3.05, 3.63) is 42.2 Å². The summed E-state index contributed by atoms with van der Waals surface area (Å²) in [7, 11) is 0. The van der Waals surface area contributed by atoms with E-state index in [-0.39, 0.29) is 12.0 Å². The number of fused-ring (bicyclic) bond motifs is 1. The standard InChI is InChI=1S/C17H24N2O/c1-17(2,8-5-9-20)13-19-12-15-11-18-10-14-6-3-4-7-16(14)15/h3-4,6-7,10-11,19-20H,5,8-9,12-13H2,1-2H3. The van der Waals surface area contributed by atoms with Gasteiger partial charge in [0, 0.05) is 37.5 Å². The maximum Gasteiger partial charge on any atom is 0.0431 e. The Morgan fingerprint density at radius 2 is 2.00 bits per heavy atom. The predicted molar refractivity (Wildman–Crippen MR) is 83.6 cm³/mol. The molecule has 0 aliphatic heterocycles. The number of aliphatic hydroxyl groups is 1. The van der Waals surface area contributed by atoms with Gasteiger partial charge in [0.1, 0.15) is 0 Å². The van der Waals surface area contributed by atoms with E-state index in [9.17, 15) is 0 Å². The second kappa shape index (κ2) is 6.82. The zero-order valence-corrected chi connectivity index (χ0v) is 12.4. The molecule has 0 fully saturated rings. The van der Waals surface area contributed by atoms with Gasteiger partial charge in [-0.1, -0.05) is 38.1 Å². The van der Waals surface area contributed by atoms with Crippen LogP contribution in [0, 0.1) is 5.41 Å². The molecule has 0 atom stereocenters. The van der Waals surface area contributed by atoms with Crippen LogP contribution in [0.25, 0.3) is 10.8 Å². The SMILES string of the molecule is CC(C)(CCCO)CNCc1cncc2ccccc12. The van der Waals surface area contributed by atoms with Gasteiger partial charge in [0.25, 0.3) is 0 Å². The number of rotatable bonds is 7. The minimum Gasteiger partial charge on any atom is -0.396 e. The number of hydrogen-bond donors (Lipinski definition) is 2. The second-order valence-electron chi connectivity index (χ2n) is 6.11. The fraction of sp³-hybridized carbons (Fsp3) is 0.471. The Hall–Kier alpha value is -1.45. The molecule has 3 heteroatoms. The first-order chi connectivity index (χ1) is 9.62. The summed E-state index contributed by atoms with van der Waals surface area (Å²) in [6.07, 6.45) is 5.74. The minimum absolute atomic E-state index is 0.209. The predicted octanol–water partition coefficient (Wildman–Crippen LogP) is 3.12. The van der Waals surface area contributed by atoms with Gasteiger partial charge in [-0.2, -0.15) is 0 Å². The molecule has 0 radical (unpaired) electrons. The van der Waals surface area contributed by atoms with Crippen molar-refractivity contribution < 1.29 is 5.11 Å². The van der Waals surface area contributed by atoms with Crippen molar-refractivity contribution in [1.82, 2.24) is 10.3 Å². The fourth-order valence-corrected chi connectivity index (χ4v) is 2.50. The molecule has 2 aromatic rings. The summed E-state index contributed by atoms with van der Waals surface area (Å²) in [5, 5.41) is 14.9. The first kappa shape index (κ1) is 14.9. The van der Waals surface area contributed by atoms with Gasteiger partial charge in [-0.25, -0.2) is 0 Å². The molecule has 2 N–H and O–H groups in total. The molecule has 0 bridgehead atoms. The highest BCUT2D eigenvalue weighted by atomic mass is 16.2. The van der Waals surface area contributed by atoms with Gasteiger partial charge in [0.2, 0.25) is 0 Å². The Morgan fingerprint density at radius 1 is 1.20 bits per heavy atom. The Bertz CT molecular complexity index is 546. The summed E-state index contributed by atoms with van der Waals surface area (Å²) < 4.78 is 0. The van der Waals surface area contributed by atoms with E-state index in [0.29, 0.717) is 0 Å². The van der Waals surface area contributed by atoms with Crippen molar-refractivity contribution in [2.45, 2.75) is 33.2 Å². The van der Waals surface area contributed by atoms with Crippen molar-refractivity contribution in [3.63, 3.8) is 0 Å². The highest BCUT2D eigenvalue weighted by molar-refractivity contribution is 5.84. The third kappa shape index (κ3) is 4.02. The largest absolute Gasteiger partial charge is 0.396 e. The molecule has 0 spiro atoms.